The van der Waals surface area contributed by atoms with E-state index in [0.717, 1.165) is 13.1 Å². The second-order valence-corrected chi connectivity index (χ2v) is 4.92. The third-order valence-electron chi connectivity index (χ3n) is 3.65. The molecule has 3 heteroatoms. The maximum atomic E-state index is 3.43. The molecule has 0 aliphatic carbocycles. The molecule has 1 aliphatic heterocycles. The summed E-state index contributed by atoms with van der Waals surface area (Å²) in [5, 5.41) is 3.43. The molecule has 0 amide bonds. The molecule has 1 saturated heterocycles. The summed E-state index contributed by atoms with van der Waals surface area (Å²) in [5.74, 6) is 0. The number of nitrogens with zero attached hydrogens (tertiary/aromatic N) is 1. The number of unbranched alkanes of at least 4 members (excludes halogenated alkanes) is 2. The van der Waals surface area contributed by atoms with Crippen LogP contribution in [0.4, 0.5) is 0 Å². The Labute approximate surface area is 105 Å². The van der Waals surface area contributed by atoms with Gasteiger partial charge in [-0.05, 0) is 18.6 Å². The zero-order valence-electron chi connectivity index (χ0n) is 10.9. The van der Waals surface area contributed by atoms with E-state index >= 15 is 0 Å². The van der Waals surface area contributed by atoms with Crippen LogP contribution in [0.15, 0.2) is 18.3 Å². The molecule has 2 rings (SSSR count). The van der Waals surface area contributed by atoms with Crippen molar-refractivity contribution in [2.45, 2.75) is 38.6 Å². The molecule has 1 fully saturated rings. The van der Waals surface area contributed by atoms with Gasteiger partial charge in [-0.15, -0.1) is 0 Å². The van der Waals surface area contributed by atoms with Gasteiger partial charge in [0.15, 0.2) is 0 Å². The van der Waals surface area contributed by atoms with Crippen LogP contribution in [-0.4, -0.2) is 36.1 Å². The van der Waals surface area contributed by atoms with Crippen molar-refractivity contribution in [3.8, 4) is 0 Å². The fourth-order valence-corrected chi connectivity index (χ4v) is 2.67. The van der Waals surface area contributed by atoms with Gasteiger partial charge in [0.1, 0.15) is 0 Å². The van der Waals surface area contributed by atoms with Gasteiger partial charge in [0, 0.05) is 44.1 Å². The van der Waals surface area contributed by atoms with Gasteiger partial charge in [-0.1, -0.05) is 26.2 Å². The summed E-state index contributed by atoms with van der Waals surface area (Å²) >= 11 is 0. The Hall–Kier alpha value is -0.800. The lowest BCUT2D eigenvalue weighted by Gasteiger charge is -2.34. The van der Waals surface area contributed by atoms with Crippen LogP contribution in [-0.2, 0) is 0 Å². The van der Waals surface area contributed by atoms with E-state index in [4.69, 9.17) is 0 Å². The standard InChI is InChI=1S/C14H25N3/c1-2-3-4-7-14(13-6-5-8-16-13)17-11-9-15-10-12-17/h5-6,8,14-16H,2-4,7,9-12H2,1H3/t14-/m0/s1. The molecule has 1 aromatic heterocycles. The fraction of sp³-hybridized carbons (Fsp3) is 0.714. The first-order chi connectivity index (χ1) is 8.42. The minimum atomic E-state index is 0.596. The Balaban J connectivity index is 1.96. The van der Waals surface area contributed by atoms with E-state index in [9.17, 15) is 0 Å². The van der Waals surface area contributed by atoms with Crippen molar-refractivity contribution in [3.05, 3.63) is 24.0 Å². The van der Waals surface area contributed by atoms with Gasteiger partial charge < -0.3 is 10.3 Å². The first-order valence-corrected chi connectivity index (χ1v) is 7.00. The lowest BCUT2D eigenvalue weighted by atomic mass is 10.0. The van der Waals surface area contributed by atoms with Crippen molar-refractivity contribution in [2.75, 3.05) is 26.2 Å². The molecular weight excluding hydrogens is 210 g/mol. The van der Waals surface area contributed by atoms with Crippen molar-refractivity contribution < 1.29 is 0 Å². The van der Waals surface area contributed by atoms with Crippen LogP contribution in [0.5, 0.6) is 0 Å². The lowest BCUT2D eigenvalue weighted by Crippen LogP contribution is -2.45. The summed E-state index contributed by atoms with van der Waals surface area (Å²) in [6, 6.07) is 4.95. The predicted octanol–water partition coefficient (Wildman–Crippen LogP) is 2.54. The maximum absolute atomic E-state index is 3.43. The molecule has 3 nitrogen and oxygen atoms in total. The van der Waals surface area contributed by atoms with Crippen LogP contribution < -0.4 is 5.32 Å². The molecule has 1 atom stereocenters. The first-order valence-electron chi connectivity index (χ1n) is 7.00. The third kappa shape index (κ3) is 3.58. The molecule has 17 heavy (non-hydrogen) atoms. The highest BCUT2D eigenvalue weighted by atomic mass is 15.2. The van der Waals surface area contributed by atoms with Crippen LogP contribution in [0.1, 0.15) is 44.3 Å². The Morgan fingerprint density at radius 1 is 1.29 bits per heavy atom. The molecule has 2 heterocycles. The SMILES string of the molecule is CCCCC[C@@H](c1ccc[nH]1)N1CCNCC1. The average molecular weight is 235 g/mol. The summed E-state index contributed by atoms with van der Waals surface area (Å²) in [7, 11) is 0. The Morgan fingerprint density at radius 2 is 2.12 bits per heavy atom. The molecule has 1 aromatic rings. The van der Waals surface area contributed by atoms with E-state index < -0.39 is 0 Å². The number of aromatic nitrogens is 1. The minimum Gasteiger partial charge on any atom is -0.364 e. The highest BCUT2D eigenvalue weighted by molar-refractivity contribution is 5.09. The summed E-state index contributed by atoms with van der Waals surface area (Å²) in [6.45, 7) is 6.88. The zero-order chi connectivity index (χ0) is 11.9. The van der Waals surface area contributed by atoms with E-state index in [1.165, 1.54) is 44.5 Å². The number of hydrogen-bond acceptors (Lipinski definition) is 2. The smallest absolute Gasteiger partial charge is 0.0499 e. The van der Waals surface area contributed by atoms with Gasteiger partial charge in [0.25, 0.3) is 0 Å². The van der Waals surface area contributed by atoms with Gasteiger partial charge in [-0.3, -0.25) is 4.90 Å². The van der Waals surface area contributed by atoms with Crippen molar-refractivity contribution >= 4 is 0 Å². The molecule has 96 valence electrons. The van der Waals surface area contributed by atoms with E-state index in [2.05, 4.69) is 34.3 Å². The predicted molar refractivity (Wildman–Crippen MR) is 72.1 cm³/mol. The van der Waals surface area contributed by atoms with Gasteiger partial charge >= 0.3 is 0 Å². The minimum absolute atomic E-state index is 0.596. The number of aromatic amines is 1. The highest BCUT2D eigenvalue weighted by Crippen LogP contribution is 2.25. The summed E-state index contributed by atoms with van der Waals surface area (Å²) < 4.78 is 0. The molecule has 0 radical (unpaired) electrons. The zero-order valence-corrected chi connectivity index (χ0v) is 10.9. The summed E-state index contributed by atoms with van der Waals surface area (Å²) in [6.07, 6.45) is 7.32. The van der Waals surface area contributed by atoms with Crippen LogP contribution in [0.2, 0.25) is 0 Å². The van der Waals surface area contributed by atoms with Crippen LogP contribution in [0.3, 0.4) is 0 Å². The van der Waals surface area contributed by atoms with E-state index in [1.807, 2.05) is 6.20 Å². The number of H-pyrrole nitrogens is 1. The topological polar surface area (TPSA) is 31.1 Å². The Kier molecular flexibility index (Phi) is 5.08. The summed E-state index contributed by atoms with van der Waals surface area (Å²) in [4.78, 5) is 6.02. The van der Waals surface area contributed by atoms with Crippen molar-refractivity contribution in [1.82, 2.24) is 15.2 Å². The van der Waals surface area contributed by atoms with Gasteiger partial charge in [-0.25, -0.2) is 0 Å². The molecule has 0 aromatic carbocycles. The average Bonchev–Trinajstić information content (AvgIpc) is 2.89. The molecular formula is C14H25N3. The van der Waals surface area contributed by atoms with Gasteiger partial charge in [-0.2, -0.15) is 0 Å². The first kappa shape index (κ1) is 12.7. The van der Waals surface area contributed by atoms with Crippen molar-refractivity contribution in [2.24, 2.45) is 0 Å². The molecule has 1 aliphatic rings. The van der Waals surface area contributed by atoms with Crippen LogP contribution in [0, 0.1) is 0 Å². The normalized spacial score (nSPS) is 19.4. The second-order valence-electron chi connectivity index (χ2n) is 4.92. The monoisotopic (exact) mass is 235 g/mol. The number of nitrogens with one attached hydrogen (secondary N) is 2. The van der Waals surface area contributed by atoms with Crippen LogP contribution >= 0.6 is 0 Å². The second kappa shape index (κ2) is 6.82. The highest BCUT2D eigenvalue weighted by Gasteiger charge is 2.21. The Bertz CT molecular complexity index is 288. The van der Waals surface area contributed by atoms with Crippen molar-refractivity contribution in [1.29, 1.82) is 0 Å². The lowest BCUT2D eigenvalue weighted by molar-refractivity contribution is 0.160. The Morgan fingerprint density at radius 3 is 2.76 bits per heavy atom. The number of rotatable bonds is 6. The van der Waals surface area contributed by atoms with E-state index in [0.29, 0.717) is 6.04 Å². The quantitative estimate of drug-likeness (QED) is 0.742. The van der Waals surface area contributed by atoms with Crippen LogP contribution in [0.25, 0.3) is 0 Å². The fourth-order valence-electron chi connectivity index (χ4n) is 2.67. The molecule has 0 unspecified atom stereocenters. The van der Waals surface area contributed by atoms with E-state index in [-0.39, 0.29) is 0 Å². The van der Waals surface area contributed by atoms with Crippen molar-refractivity contribution in [3.63, 3.8) is 0 Å². The molecule has 0 bridgehead atoms. The largest absolute Gasteiger partial charge is 0.364 e. The summed E-state index contributed by atoms with van der Waals surface area (Å²) in [5.41, 5.74) is 1.39. The molecule has 0 saturated carbocycles. The van der Waals surface area contributed by atoms with Gasteiger partial charge in [0.05, 0.1) is 0 Å². The third-order valence-corrected chi connectivity index (χ3v) is 3.65. The number of hydrogen-bond donors (Lipinski definition) is 2. The number of piperazine rings is 1. The van der Waals surface area contributed by atoms with Gasteiger partial charge in [0.2, 0.25) is 0 Å². The molecule has 0 spiro atoms. The maximum Gasteiger partial charge on any atom is 0.0499 e. The molecule has 2 N–H and O–H groups in total. The van der Waals surface area contributed by atoms with E-state index in [1.54, 1.807) is 0 Å².